The van der Waals surface area contributed by atoms with Gasteiger partial charge in [-0.1, -0.05) is 32.4 Å². The van der Waals surface area contributed by atoms with Gasteiger partial charge < -0.3 is 0 Å². The summed E-state index contributed by atoms with van der Waals surface area (Å²) in [7, 11) is 0. The number of allylic oxidation sites excluding steroid dienone is 2. The number of nitrogens with zero attached hydrogens (tertiary/aromatic N) is 1. The van der Waals surface area contributed by atoms with Gasteiger partial charge in [-0.05, 0) is 25.3 Å². The highest BCUT2D eigenvalue weighted by Gasteiger charge is 1.95. The average Bonchev–Trinajstić information content (AvgIpc) is 2.06. The van der Waals surface area contributed by atoms with Crippen molar-refractivity contribution in [3.05, 3.63) is 23.9 Å². The molecule has 0 aliphatic heterocycles. The lowest BCUT2D eigenvalue weighted by Crippen LogP contribution is -1.88. The largest absolute Gasteiger partial charge is 0.265 e. The highest BCUT2D eigenvalue weighted by Crippen LogP contribution is 2.11. The van der Waals surface area contributed by atoms with E-state index >= 15 is 0 Å². The maximum atomic E-state index is 4.03. The van der Waals surface area contributed by atoms with Crippen LogP contribution in [0.4, 0.5) is 0 Å². The first-order valence-corrected chi connectivity index (χ1v) is 4.58. The minimum atomic E-state index is 1.06. The maximum Gasteiger partial charge on any atom is 0.0298 e. The van der Waals surface area contributed by atoms with Crippen molar-refractivity contribution >= 4 is 6.21 Å². The molecule has 0 unspecified atom stereocenters. The minimum Gasteiger partial charge on any atom is -0.265 e. The van der Waals surface area contributed by atoms with Crippen molar-refractivity contribution in [1.29, 1.82) is 0 Å². The third-order valence-electron chi connectivity index (χ3n) is 1.89. The van der Waals surface area contributed by atoms with Crippen molar-refractivity contribution in [3.8, 4) is 0 Å². The van der Waals surface area contributed by atoms with E-state index in [1.54, 1.807) is 6.20 Å². The summed E-state index contributed by atoms with van der Waals surface area (Å²) in [4.78, 5) is 4.03. The fourth-order valence-corrected chi connectivity index (χ4v) is 1.18. The molecule has 0 aromatic heterocycles. The molecule has 68 valence electrons. The van der Waals surface area contributed by atoms with Crippen LogP contribution in [-0.2, 0) is 0 Å². The Hall–Kier alpha value is -0.850. The lowest BCUT2D eigenvalue weighted by molar-refractivity contribution is 0.889. The second-order valence-electron chi connectivity index (χ2n) is 2.87. The highest BCUT2D eigenvalue weighted by molar-refractivity contribution is 5.79. The van der Waals surface area contributed by atoms with Gasteiger partial charge >= 0.3 is 0 Å². The minimum absolute atomic E-state index is 1.06. The van der Waals surface area contributed by atoms with Crippen molar-refractivity contribution in [2.45, 2.75) is 40.0 Å². The Morgan fingerprint density at radius 3 is 2.50 bits per heavy atom. The number of hydrogen-bond donors (Lipinski definition) is 0. The van der Waals surface area contributed by atoms with Crippen LogP contribution in [0.15, 0.2) is 28.9 Å². The first kappa shape index (κ1) is 11.2. The molecule has 0 heterocycles. The fraction of sp³-hybridized carbons (Fsp3) is 0.545. The Kier molecular flexibility index (Phi) is 6.35. The Labute approximate surface area is 75.9 Å². The van der Waals surface area contributed by atoms with Crippen LogP contribution in [0.25, 0.3) is 0 Å². The molecule has 0 saturated carbocycles. The zero-order chi connectivity index (χ0) is 9.40. The van der Waals surface area contributed by atoms with Crippen LogP contribution >= 0.6 is 0 Å². The lowest BCUT2D eigenvalue weighted by atomic mass is 10.0. The number of aliphatic imine (C=N–C) groups is 1. The smallest absolute Gasteiger partial charge is 0.0298 e. The van der Waals surface area contributed by atoms with Gasteiger partial charge in [-0.15, -0.1) is 0 Å². The van der Waals surface area contributed by atoms with E-state index in [1.807, 2.05) is 6.21 Å². The second-order valence-corrected chi connectivity index (χ2v) is 2.87. The van der Waals surface area contributed by atoms with E-state index in [-0.39, 0.29) is 0 Å². The Morgan fingerprint density at radius 1 is 1.42 bits per heavy atom. The van der Waals surface area contributed by atoms with Crippen LogP contribution in [0.5, 0.6) is 0 Å². The van der Waals surface area contributed by atoms with Crippen molar-refractivity contribution in [2.75, 3.05) is 0 Å². The van der Waals surface area contributed by atoms with Gasteiger partial charge in [-0.25, -0.2) is 0 Å². The van der Waals surface area contributed by atoms with E-state index in [4.69, 9.17) is 0 Å². The summed E-state index contributed by atoms with van der Waals surface area (Å²) < 4.78 is 0. The third kappa shape index (κ3) is 4.12. The van der Waals surface area contributed by atoms with Crippen LogP contribution in [0.3, 0.4) is 0 Å². The van der Waals surface area contributed by atoms with Crippen molar-refractivity contribution in [2.24, 2.45) is 4.99 Å². The van der Waals surface area contributed by atoms with Gasteiger partial charge in [-0.3, -0.25) is 4.99 Å². The molecule has 0 atom stereocenters. The van der Waals surface area contributed by atoms with Crippen LogP contribution in [0.1, 0.15) is 40.0 Å². The lowest BCUT2D eigenvalue weighted by Gasteiger charge is -2.03. The molecule has 0 spiro atoms. The predicted octanol–water partition coefficient (Wildman–Crippen LogP) is 3.73. The topological polar surface area (TPSA) is 12.4 Å². The van der Waals surface area contributed by atoms with Gasteiger partial charge in [0.05, 0.1) is 0 Å². The molecule has 1 nitrogen and oxygen atoms in total. The van der Waals surface area contributed by atoms with E-state index in [0.717, 1.165) is 6.42 Å². The number of hydrogen-bond acceptors (Lipinski definition) is 1. The standard InChI is InChI=1S/C11H19N/c1-5-8-10(4)11(6-2)9-12-7-3/h7,9H,3,5-6,8H2,1-2,4H3/b11-10+,12-9?. The van der Waals surface area contributed by atoms with Crippen molar-refractivity contribution < 1.29 is 0 Å². The van der Waals surface area contributed by atoms with Crippen LogP contribution in [0, 0.1) is 0 Å². The van der Waals surface area contributed by atoms with Crippen molar-refractivity contribution in [1.82, 2.24) is 0 Å². The molecule has 0 fully saturated rings. The maximum absolute atomic E-state index is 4.03. The van der Waals surface area contributed by atoms with Crippen LogP contribution < -0.4 is 0 Å². The van der Waals surface area contributed by atoms with Gasteiger partial charge in [0, 0.05) is 12.4 Å². The zero-order valence-corrected chi connectivity index (χ0v) is 8.43. The highest BCUT2D eigenvalue weighted by atomic mass is 14.7. The van der Waals surface area contributed by atoms with E-state index in [1.165, 1.54) is 24.0 Å². The molecule has 0 rings (SSSR count). The summed E-state index contributed by atoms with van der Waals surface area (Å²) in [6.07, 6.45) is 6.93. The Balaban J connectivity index is 4.37. The summed E-state index contributed by atoms with van der Waals surface area (Å²) in [6.45, 7) is 10.1. The molecule has 0 aliphatic rings. The molecule has 0 N–H and O–H groups in total. The summed E-state index contributed by atoms with van der Waals surface area (Å²) in [6, 6.07) is 0. The molecule has 0 aromatic rings. The quantitative estimate of drug-likeness (QED) is 0.550. The SMILES string of the molecule is C=CN=C/C(CC)=C(\C)CCC. The molecular weight excluding hydrogens is 146 g/mol. The average molecular weight is 165 g/mol. The first-order chi connectivity index (χ1) is 5.76. The Morgan fingerprint density at radius 2 is 2.08 bits per heavy atom. The van der Waals surface area contributed by atoms with Gasteiger partial charge in [0.2, 0.25) is 0 Å². The third-order valence-corrected chi connectivity index (χ3v) is 1.89. The van der Waals surface area contributed by atoms with Gasteiger partial charge in [0.25, 0.3) is 0 Å². The molecular formula is C11H19N. The fourth-order valence-electron chi connectivity index (χ4n) is 1.18. The van der Waals surface area contributed by atoms with E-state index in [0.29, 0.717) is 0 Å². The molecule has 0 bridgehead atoms. The summed E-state index contributed by atoms with van der Waals surface area (Å²) in [5.74, 6) is 0. The van der Waals surface area contributed by atoms with E-state index in [2.05, 4.69) is 32.3 Å². The molecule has 1 heteroatoms. The van der Waals surface area contributed by atoms with Crippen LogP contribution in [-0.4, -0.2) is 6.21 Å². The molecule has 0 aromatic carbocycles. The normalized spacial score (nSPS) is 13.2. The van der Waals surface area contributed by atoms with Gasteiger partial charge in [0.15, 0.2) is 0 Å². The summed E-state index contributed by atoms with van der Waals surface area (Å²) in [5.41, 5.74) is 2.79. The number of rotatable bonds is 5. The summed E-state index contributed by atoms with van der Waals surface area (Å²) >= 11 is 0. The molecule has 12 heavy (non-hydrogen) atoms. The second kappa shape index (κ2) is 6.84. The monoisotopic (exact) mass is 165 g/mol. The van der Waals surface area contributed by atoms with Crippen molar-refractivity contribution in [3.63, 3.8) is 0 Å². The van der Waals surface area contributed by atoms with Crippen LogP contribution in [0.2, 0.25) is 0 Å². The Bertz CT molecular complexity index is 187. The molecule has 0 saturated heterocycles. The molecule has 0 amide bonds. The van der Waals surface area contributed by atoms with Gasteiger partial charge in [0.1, 0.15) is 0 Å². The van der Waals surface area contributed by atoms with E-state index < -0.39 is 0 Å². The predicted molar refractivity (Wildman–Crippen MR) is 56.6 cm³/mol. The molecule has 0 aliphatic carbocycles. The summed E-state index contributed by atoms with van der Waals surface area (Å²) in [5, 5.41) is 0. The van der Waals surface area contributed by atoms with Gasteiger partial charge in [-0.2, -0.15) is 0 Å². The first-order valence-electron chi connectivity index (χ1n) is 4.58. The van der Waals surface area contributed by atoms with E-state index in [9.17, 15) is 0 Å². The molecule has 0 radical (unpaired) electrons. The zero-order valence-electron chi connectivity index (χ0n) is 8.43.